The largest absolute Gasteiger partial charge is 0.0845 e. The van der Waals surface area contributed by atoms with Gasteiger partial charge in [0.1, 0.15) is 0 Å². The molecular formula is C34H64. The summed E-state index contributed by atoms with van der Waals surface area (Å²) in [5, 5.41) is 0. The van der Waals surface area contributed by atoms with Crippen molar-refractivity contribution in [3.8, 4) is 0 Å². The standard InChI is InChI=1S/C30H52.2C2H6/c1-8-23(20(2)3)10-9-22(5)26-13-14-27-25-12-11-24-19-21(4)15-17-29(24,6)28(25)16-18-30(26,27)7;2*1-2/h11,20-23,25-28H,8-10,12-19H2,1-7H3;2*1-2H3. The Morgan fingerprint density at radius 3 is 2.18 bits per heavy atom. The van der Waals surface area contributed by atoms with Gasteiger partial charge in [-0.05, 0) is 116 Å². The maximum Gasteiger partial charge on any atom is -0.00851 e. The molecular weight excluding hydrogens is 408 g/mol. The van der Waals surface area contributed by atoms with Crippen molar-refractivity contribution in [3.05, 3.63) is 11.6 Å². The Kier molecular flexibility index (Phi) is 11.3. The molecule has 0 aromatic rings. The summed E-state index contributed by atoms with van der Waals surface area (Å²) in [5.74, 6) is 7.59. The van der Waals surface area contributed by atoms with Crippen molar-refractivity contribution in [1.29, 1.82) is 0 Å². The molecule has 3 saturated carbocycles. The number of hydrogen-bond acceptors (Lipinski definition) is 0. The van der Waals surface area contributed by atoms with Crippen LogP contribution in [0.2, 0.25) is 0 Å². The summed E-state index contributed by atoms with van der Waals surface area (Å²) in [6, 6.07) is 0. The summed E-state index contributed by atoms with van der Waals surface area (Å²) in [4.78, 5) is 0. The molecule has 4 rings (SSSR count). The van der Waals surface area contributed by atoms with E-state index in [1.165, 1.54) is 70.6 Å². The molecule has 0 N–H and O–H groups in total. The van der Waals surface area contributed by atoms with Crippen molar-refractivity contribution in [3.63, 3.8) is 0 Å². The molecule has 0 saturated heterocycles. The Morgan fingerprint density at radius 2 is 1.56 bits per heavy atom. The Labute approximate surface area is 216 Å². The number of rotatable bonds is 6. The predicted octanol–water partition coefficient (Wildman–Crippen LogP) is 11.4. The van der Waals surface area contributed by atoms with Gasteiger partial charge in [0.2, 0.25) is 0 Å². The van der Waals surface area contributed by atoms with Gasteiger partial charge in [-0.15, -0.1) is 0 Å². The van der Waals surface area contributed by atoms with E-state index in [1.807, 2.05) is 33.3 Å². The van der Waals surface area contributed by atoms with E-state index in [2.05, 4.69) is 54.5 Å². The van der Waals surface area contributed by atoms with Crippen molar-refractivity contribution in [1.82, 2.24) is 0 Å². The van der Waals surface area contributed by atoms with E-state index in [0.29, 0.717) is 10.8 Å². The minimum Gasteiger partial charge on any atom is -0.0845 e. The average Bonchev–Trinajstić information content (AvgIpc) is 3.19. The second kappa shape index (κ2) is 12.8. The van der Waals surface area contributed by atoms with Gasteiger partial charge in [0.05, 0.1) is 0 Å². The van der Waals surface area contributed by atoms with E-state index < -0.39 is 0 Å². The molecule has 0 aliphatic heterocycles. The van der Waals surface area contributed by atoms with Crippen LogP contribution in [-0.4, -0.2) is 0 Å². The van der Waals surface area contributed by atoms with Crippen LogP contribution in [0, 0.1) is 58.2 Å². The third-order valence-electron chi connectivity index (χ3n) is 11.6. The van der Waals surface area contributed by atoms with Gasteiger partial charge in [0.25, 0.3) is 0 Å². The second-order valence-electron chi connectivity index (χ2n) is 13.3. The van der Waals surface area contributed by atoms with E-state index in [-0.39, 0.29) is 0 Å². The second-order valence-corrected chi connectivity index (χ2v) is 13.3. The molecule has 0 heteroatoms. The van der Waals surface area contributed by atoms with Crippen LogP contribution >= 0.6 is 0 Å². The number of hydrogen-bond donors (Lipinski definition) is 0. The molecule has 200 valence electrons. The highest BCUT2D eigenvalue weighted by atomic mass is 14.6. The molecule has 0 aromatic heterocycles. The first-order valence-corrected chi connectivity index (χ1v) is 15.9. The lowest BCUT2D eigenvalue weighted by atomic mass is 9.46. The summed E-state index contributed by atoms with van der Waals surface area (Å²) in [7, 11) is 0. The predicted molar refractivity (Wildman–Crippen MR) is 154 cm³/mol. The molecule has 0 heterocycles. The third-order valence-corrected chi connectivity index (χ3v) is 11.6. The molecule has 34 heavy (non-hydrogen) atoms. The van der Waals surface area contributed by atoms with Crippen LogP contribution in [0.3, 0.4) is 0 Å². The zero-order chi connectivity index (χ0) is 25.7. The first-order valence-electron chi connectivity index (χ1n) is 15.9. The molecule has 0 radical (unpaired) electrons. The fraction of sp³-hybridized carbons (Fsp3) is 0.941. The van der Waals surface area contributed by atoms with E-state index in [4.69, 9.17) is 0 Å². The Hall–Kier alpha value is -0.260. The minimum absolute atomic E-state index is 0.548. The molecule has 0 aromatic carbocycles. The lowest BCUT2D eigenvalue weighted by Gasteiger charge is -2.58. The third kappa shape index (κ3) is 5.67. The van der Waals surface area contributed by atoms with Gasteiger partial charge in [-0.1, -0.05) is 101 Å². The van der Waals surface area contributed by atoms with Crippen molar-refractivity contribution in [2.45, 2.75) is 147 Å². The van der Waals surface area contributed by atoms with Gasteiger partial charge in [-0.25, -0.2) is 0 Å². The lowest BCUT2D eigenvalue weighted by molar-refractivity contribution is -0.0525. The van der Waals surface area contributed by atoms with Crippen LogP contribution in [-0.2, 0) is 0 Å². The van der Waals surface area contributed by atoms with Crippen molar-refractivity contribution in [2.24, 2.45) is 58.2 Å². The molecule has 0 bridgehead atoms. The summed E-state index contributed by atoms with van der Waals surface area (Å²) in [5.41, 5.74) is 3.05. The van der Waals surface area contributed by atoms with Gasteiger partial charge in [0, 0.05) is 0 Å². The fourth-order valence-corrected chi connectivity index (χ4v) is 9.51. The summed E-state index contributed by atoms with van der Waals surface area (Å²) >= 11 is 0. The van der Waals surface area contributed by atoms with E-state index in [9.17, 15) is 0 Å². The Balaban J connectivity index is 0.000000970. The number of fused-ring (bicyclic) bond motifs is 5. The van der Waals surface area contributed by atoms with Crippen LogP contribution in [0.5, 0.6) is 0 Å². The molecule has 4 aliphatic carbocycles. The van der Waals surface area contributed by atoms with Gasteiger partial charge in [0.15, 0.2) is 0 Å². The highest BCUT2D eigenvalue weighted by molar-refractivity contribution is 5.25. The van der Waals surface area contributed by atoms with Crippen LogP contribution in [0.4, 0.5) is 0 Å². The molecule has 0 amide bonds. The monoisotopic (exact) mass is 473 g/mol. The first kappa shape index (κ1) is 30.0. The van der Waals surface area contributed by atoms with Gasteiger partial charge in [-0.3, -0.25) is 0 Å². The topological polar surface area (TPSA) is 0 Å². The SMILES string of the molecule is CC.CC.CCC(CCC(C)C1CCC2C3CC=C4CC(C)CCC4(C)C3CCC12C)C(C)C. The smallest absolute Gasteiger partial charge is 0.00851 e. The van der Waals surface area contributed by atoms with E-state index in [1.54, 1.807) is 0 Å². The highest BCUT2D eigenvalue weighted by Gasteiger charge is 2.58. The van der Waals surface area contributed by atoms with Gasteiger partial charge in [-0.2, -0.15) is 0 Å². The molecule has 0 spiro atoms. The molecule has 0 nitrogen and oxygen atoms in total. The van der Waals surface area contributed by atoms with Crippen LogP contribution in [0.1, 0.15) is 147 Å². The molecule has 9 unspecified atom stereocenters. The minimum atomic E-state index is 0.548. The first-order chi connectivity index (χ1) is 16.2. The van der Waals surface area contributed by atoms with E-state index >= 15 is 0 Å². The Bertz CT molecular complexity index is 628. The maximum absolute atomic E-state index is 2.76. The normalized spacial score (nSPS) is 40.4. The highest BCUT2D eigenvalue weighted by Crippen LogP contribution is 2.67. The molecule has 3 fully saturated rings. The summed E-state index contributed by atoms with van der Waals surface area (Å²) in [6.45, 7) is 25.8. The molecule has 4 aliphatic rings. The number of allylic oxidation sites excluding steroid dienone is 2. The quantitative estimate of drug-likeness (QED) is 0.337. The summed E-state index contributed by atoms with van der Waals surface area (Å²) < 4.78 is 0. The van der Waals surface area contributed by atoms with Crippen molar-refractivity contribution >= 4 is 0 Å². The zero-order valence-corrected chi connectivity index (χ0v) is 25.5. The van der Waals surface area contributed by atoms with Crippen LogP contribution < -0.4 is 0 Å². The van der Waals surface area contributed by atoms with E-state index in [0.717, 1.165) is 47.3 Å². The lowest BCUT2D eigenvalue weighted by Crippen LogP contribution is -2.50. The maximum atomic E-state index is 2.76. The molecule has 9 atom stereocenters. The van der Waals surface area contributed by atoms with Gasteiger partial charge < -0.3 is 0 Å². The average molecular weight is 473 g/mol. The summed E-state index contributed by atoms with van der Waals surface area (Å²) in [6.07, 6.45) is 18.9. The van der Waals surface area contributed by atoms with Crippen LogP contribution in [0.15, 0.2) is 11.6 Å². The fourth-order valence-electron chi connectivity index (χ4n) is 9.51. The van der Waals surface area contributed by atoms with Gasteiger partial charge >= 0.3 is 0 Å². The van der Waals surface area contributed by atoms with Crippen molar-refractivity contribution < 1.29 is 0 Å². The van der Waals surface area contributed by atoms with Crippen molar-refractivity contribution in [2.75, 3.05) is 0 Å². The zero-order valence-electron chi connectivity index (χ0n) is 25.5. The van der Waals surface area contributed by atoms with Crippen LogP contribution in [0.25, 0.3) is 0 Å². The Morgan fingerprint density at radius 1 is 0.882 bits per heavy atom.